The van der Waals surface area contributed by atoms with Crippen LogP contribution in [0.2, 0.25) is 0 Å². The van der Waals surface area contributed by atoms with Gasteiger partial charge in [-0.3, -0.25) is 14.7 Å². The summed E-state index contributed by atoms with van der Waals surface area (Å²) in [4.78, 5) is 12.7. The molecule has 0 aliphatic heterocycles. The summed E-state index contributed by atoms with van der Waals surface area (Å²) < 4.78 is 48.4. The zero-order valence-corrected chi connectivity index (χ0v) is 29.7. The van der Waals surface area contributed by atoms with Gasteiger partial charge in [0, 0.05) is 25.7 Å². The third-order valence-corrected chi connectivity index (χ3v) is 9.72. The van der Waals surface area contributed by atoms with Crippen LogP contribution in [0.3, 0.4) is 0 Å². The maximum atomic E-state index is 13.8. The molecule has 13 heteroatoms. The average molecular weight is 674 g/mol. The van der Waals surface area contributed by atoms with Crippen molar-refractivity contribution in [1.29, 1.82) is 0 Å². The van der Waals surface area contributed by atoms with E-state index < -0.39 is 33.5 Å². The molecule has 3 rings (SSSR count). The van der Waals surface area contributed by atoms with Crippen molar-refractivity contribution in [2.45, 2.75) is 109 Å². The predicted molar refractivity (Wildman–Crippen MR) is 179 cm³/mol. The van der Waals surface area contributed by atoms with Crippen molar-refractivity contribution in [2.75, 3.05) is 13.7 Å². The van der Waals surface area contributed by atoms with Crippen LogP contribution in [-0.4, -0.2) is 69.8 Å². The molecule has 3 aromatic rings. The monoisotopic (exact) mass is 673 g/mol. The number of benzene rings is 2. The van der Waals surface area contributed by atoms with E-state index in [4.69, 9.17) is 14.2 Å². The van der Waals surface area contributed by atoms with Gasteiger partial charge in [-0.05, 0) is 88.4 Å². The van der Waals surface area contributed by atoms with Crippen LogP contribution in [0.15, 0.2) is 59.6 Å². The van der Waals surface area contributed by atoms with Gasteiger partial charge in [-0.15, -0.1) is 5.10 Å². The Bertz CT molecular complexity index is 1520. The quantitative estimate of drug-likeness (QED) is 0.126. The van der Waals surface area contributed by atoms with Crippen LogP contribution >= 0.6 is 0 Å². The van der Waals surface area contributed by atoms with Gasteiger partial charge in [0.25, 0.3) is 5.91 Å². The SMILES string of the molecule is CCCc1cn(CCC(C)(C)OCCC(C)(C)Oc2ccc(CN([C@@H](C(=O)NO)C(C)C)S(=O)(=O)c3ccc(OC)cc3)cc2)nn1. The first-order chi connectivity index (χ1) is 22.1. The van der Waals surface area contributed by atoms with Gasteiger partial charge in [0.2, 0.25) is 10.0 Å². The van der Waals surface area contributed by atoms with Crippen molar-refractivity contribution in [2.24, 2.45) is 5.92 Å². The molecule has 0 saturated heterocycles. The first-order valence-electron chi connectivity index (χ1n) is 16.0. The zero-order chi connectivity index (χ0) is 34.8. The number of methoxy groups -OCH3 is 1. The third-order valence-electron chi connectivity index (χ3n) is 7.87. The van der Waals surface area contributed by atoms with Crippen molar-refractivity contribution < 1.29 is 32.6 Å². The molecule has 1 heterocycles. The molecule has 0 fully saturated rings. The molecule has 0 saturated carbocycles. The van der Waals surface area contributed by atoms with Gasteiger partial charge < -0.3 is 14.2 Å². The van der Waals surface area contributed by atoms with Crippen molar-refractivity contribution in [3.05, 3.63) is 66.0 Å². The Morgan fingerprint density at radius 2 is 1.64 bits per heavy atom. The molecule has 1 aromatic heterocycles. The first kappa shape index (κ1) is 37.9. The number of nitrogens with one attached hydrogen (secondary N) is 1. The second kappa shape index (κ2) is 16.5. The fourth-order valence-corrected chi connectivity index (χ4v) is 6.82. The normalized spacial score (nSPS) is 13.2. The summed E-state index contributed by atoms with van der Waals surface area (Å²) in [6.45, 7) is 14.8. The standard InChI is InChI=1S/C34H51N5O7S/c1-9-10-27-24-38(37-35-27)21-19-33(4,5)45-22-20-34(6,7)46-29-13-11-26(12-14-29)23-39(31(25(2)3)32(40)36-41)47(42,43)30-17-15-28(44-8)16-18-30/h11-18,24-25,31,41H,9-10,19-23H2,1-8H3,(H,36,40)/t31-/m1/s1. The van der Waals surface area contributed by atoms with Crippen LogP contribution in [0.25, 0.3) is 0 Å². The van der Waals surface area contributed by atoms with Gasteiger partial charge in [-0.1, -0.05) is 44.5 Å². The van der Waals surface area contributed by atoms with Gasteiger partial charge in [-0.25, -0.2) is 13.9 Å². The van der Waals surface area contributed by atoms with Crippen molar-refractivity contribution in [3.8, 4) is 11.5 Å². The predicted octanol–water partition coefficient (Wildman–Crippen LogP) is 5.39. The van der Waals surface area contributed by atoms with Crippen molar-refractivity contribution in [3.63, 3.8) is 0 Å². The smallest absolute Gasteiger partial charge is 0.262 e. The summed E-state index contributed by atoms with van der Waals surface area (Å²) in [7, 11) is -2.66. The molecule has 0 radical (unpaired) electrons. The lowest BCUT2D eigenvalue weighted by Gasteiger charge is -2.32. The van der Waals surface area contributed by atoms with Crippen molar-refractivity contribution >= 4 is 15.9 Å². The fraction of sp³-hybridized carbons (Fsp3) is 0.559. The molecular formula is C34H51N5O7S. The number of aryl methyl sites for hydroxylation is 2. The molecule has 2 N–H and O–H groups in total. The Kier molecular flexibility index (Phi) is 13.3. The van der Waals surface area contributed by atoms with Gasteiger partial charge in [0.1, 0.15) is 23.1 Å². The zero-order valence-electron chi connectivity index (χ0n) is 28.9. The van der Waals surface area contributed by atoms with E-state index in [9.17, 15) is 18.4 Å². The van der Waals surface area contributed by atoms with Gasteiger partial charge in [0.05, 0.1) is 29.9 Å². The Morgan fingerprint density at radius 1 is 1.00 bits per heavy atom. The number of aromatic nitrogens is 3. The number of hydroxylamine groups is 1. The topological polar surface area (TPSA) is 145 Å². The molecule has 12 nitrogen and oxygen atoms in total. The van der Waals surface area contributed by atoms with Crippen LogP contribution in [-0.2, 0) is 39.1 Å². The van der Waals surface area contributed by atoms with Crippen LogP contribution in [0.5, 0.6) is 11.5 Å². The molecular weight excluding hydrogens is 622 g/mol. The third kappa shape index (κ3) is 11.0. The van der Waals surface area contributed by atoms with Gasteiger partial charge in [-0.2, -0.15) is 4.31 Å². The van der Waals surface area contributed by atoms with E-state index in [1.165, 1.54) is 19.2 Å². The first-order valence-corrected chi connectivity index (χ1v) is 17.5. The number of carbonyl (C=O) groups excluding carboxylic acids is 1. The lowest BCUT2D eigenvalue weighted by Crippen LogP contribution is -2.51. The summed E-state index contributed by atoms with van der Waals surface area (Å²) in [5, 5.41) is 17.9. The fourth-order valence-electron chi connectivity index (χ4n) is 5.11. The summed E-state index contributed by atoms with van der Waals surface area (Å²) in [5.41, 5.74) is 2.39. The number of hydrogen-bond donors (Lipinski definition) is 2. The molecule has 0 bridgehead atoms. The van der Waals surface area contributed by atoms with Gasteiger partial charge in [0.15, 0.2) is 0 Å². The number of ether oxygens (including phenoxy) is 3. The minimum atomic E-state index is -4.15. The highest BCUT2D eigenvalue weighted by atomic mass is 32.2. The highest BCUT2D eigenvalue weighted by molar-refractivity contribution is 7.89. The second-order valence-electron chi connectivity index (χ2n) is 13.2. The van der Waals surface area contributed by atoms with E-state index in [0.29, 0.717) is 30.1 Å². The van der Waals surface area contributed by atoms with E-state index in [1.807, 2.05) is 24.7 Å². The van der Waals surface area contributed by atoms with Crippen LogP contribution in [0, 0.1) is 5.92 Å². The molecule has 0 spiro atoms. The Balaban J connectivity index is 1.65. The molecule has 1 atom stereocenters. The number of carbonyl (C=O) groups is 1. The minimum Gasteiger partial charge on any atom is -0.497 e. The van der Waals surface area contributed by atoms with Crippen LogP contribution < -0.4 is 15.0 Å². The second-order valence-corrected chi connectivity index (χ2v) is 15.1. The summed E-state index contributed by atoms with van der Waals surface area (Å²) in [6.07, 6.45) is 5.38. The van der Waals surface area contributed by atoms with E-state index >= 15 is 0 Å². The largest absolute Gasteiger partial charge is 0.497 e. The molecule has 1 amide bonds. The highest BCUT2D eigenvalue weighted by Crippen LogP contribution is 2.28. The minimum absolute atomic E-state index is 0.00120. The Morgan fingerprint density at radius 3 is 2.21 bits per heavy atom. The molecule has 260 valence electrons. The molecule has 0 aliphatic rings. The van der Waals surface area contributed by atoms with E-state index in [2.05, 4.69) is 31.1 Å². The molecule has 2 aromatic carbocycles. The Labute approximate surface area is 279 Å². The van der Waals surface area contributed by atoms with E-state index in [1.54, 1.807) is 55.7 Å². The number of rotatable bonds is 19. The van der Waals surface area contributed by atoms with Crippen LogP contribution in [0.1, 0.15) is 79.0 Å². The summed E-state index contributed by atoms with van der Waals surface area (Å²) in [6, 6.07) is 11.9. The summed E-state index contributed by atoms with van der Waals surface area (Å²) in [5.74, 6) is -0.136. The molecule has 0 aliphatic carbocycles. The summed E-state index contributed by atoms with van der Waals surface area (Å²) >= 11 is 0. The number of hydrogen-bond acceptors (Lipinski definition) is 9. The maximum absolute atomic E-state index is 13.8. The van der Waals surface area contributed by atoms with E-state index in [0.717, 1.165) is 35.8 Å². The van der Waals surface area contributed by atoms with Gasteiger partial charge >= 0.3 is 0 Å². The molecule has 47 heavy (non-hydrogen) atoms. The maximum Gasteiger partial charge on any atom is 0.262 e. The van der Waals surface area contributed by atoms with E-state index in [-0.39, 0.29) is 17.0 Å². The van der Waals surface area contributed by atoms with Crippen LogP contribution in [0.4, 0.5) is 0 Å². The number of nitrogens with zero attached hydrogens (tertiary/aromatic N) is 4. The number of amides is 1. The lowest BCUT2D eigenvalue weighted by atomic mass is 10.0. The lowest BCUT2D eigenvalue weighted by molar-refractivity contribution is -0.134. The molecule has 0 unspecified atom stereocenters. The average Bonchev–Trinajstić information content (AvgIpc) is 3.47. The highest BCUT2D eigenvalue weighted by Gasteiger charge is 2.38. The Hall–Kier alpha value is -3.52. The number of sulfonamides is 1. The van der Waals surface area contributed by atoms with Crippen molar-refractivity contribution in [1.82, 2.24) is 24.8 Å².